The highest BCUT2D eigenvalue weighted by atomic mass is 16.5. The molecule has 1 aliphatic heterocycles. The summed E-state index contributed by atoms with van der Waals surface area (Å²) >= 11 is 0. The molecule has 0 radical (unpaired) electrons. The largest absolute Gasteiger partial charge is 0.482 e. The Labute approximate surface area is 160 Å². The second kappa shape index (κ2) is 7.75. The number of carbonyl (C=O) groups is 4. The lowest BCUT2D eigenvalue weighted by Crippen LogP contribution is -2.54. The first-order chi connectivity index (χ1) is 13.4. The molecule has 0 aliphatic carbocycles. The lowest BCUT2D eigenvalue weighted by molar-refractivity contribution is -0.139. The van der Waals surface area contributed by atoms with Crippen LogP contribution in [-0.4, -0.2) is 35.5 Å². The minimum Gasteiger partial charge on any atom is -0.482 e. The molecule has 1 heterocycles. The summed E-state index contributed by atoms with van der Waals surface area (Å²) < 4.78 is 5.04. The van der Waals surface area contributed by atoms with Crippen molar-refractivity contribution in [2.75, 3.05) is 11.5 Å². The number of ether oxygens (including phenoxy) is 1. The van der Waals surface area contributed by atoms with Crippen molar-refractivity contribution in [1.29, 1.82) is 0 Å². The molecule has 0 aromatic heterocycles. The van der Waals surface area contributed by atoms with Crippen LogP contribution in [0.4, 0.5) is 10.5 Å². The number of aryl methyl sites for hydroxylation is 1. The average Bonchev–Trinajstić information content (AvgIpc) is 2.65. The van der Waals surface area contributed by atoms with Crippen molar-refractivity contribution in [1.82, 2.24) is 5.32 Å². The Hall–Kier alpha value is -3.94. The highest BCUT2D eigenvalue weighted by Gasteiger charge is 2.37. The molecular weight excluding hydrogens is 364 g/mol. The smallest absolute Gasteiger partial charge is 0.341 e. The van der Waals surface area contributed by atoms with Crippen LogP contribution in [0.1, 0.15) is 11.1 Å². The van der Waals surface area contributed by atoms with E-state index in [1.54, 1.807) is 43.3 Å². The second-order valence-corrected chi connectivity index (χ2v) is 6.00. The Balaban J connectivity index is 1.89. The maximum Gasteiger partial charge on any atom is 0.341 e. The van der Waals surface area contributed by atoms with Gasteiger partial charge in [-0.1, -0.05) is 30.3 Å². The van der Waals surface area contributed by atoms with Crippen LogP contribution in [0.2, 0.25) is 0 Å². The van der Waals surface area contributed by atoms with E-state index in [9.17, 15) is 19.2 Å². The van der Waals surface area contributed by atoms with Crippen LogP contribution in [0.25, 0.3) is 6.08 Å². The number of para-hydroxylation sites is 1. The number of hydrogen-bond acceptors (Lipinski definition) is 5. The first-order valence-electron chi connectivity index (χ1n) is 8.28. The van der Waals surface area contributed by atoms with Crippen LogP contribution in [0.5, 0.6) is 5.75 Å². The molecule has 142 valence electrons. The van der Waals surface area contributed by atoms with Crippen molar-refractivity contribution in [3.63, 3.8) is 0 Å². The zero-order valence-electron chi connectivity index (χ0n) is 14.8. The number of urea groups is 1. The van der Waals surface area contributed by atoms with E-state index in [4.69, 9.17) is 9.84 Å². The Morgan fingerprint density at radius 2 is 1.79 bits per heavy atom. The molecule has 0 saturated carbocycles. The molecule has 1 aliphatic rings. The molecule has 2 N–H and O–H groups in total. The van der Waals surface area contributed by atoms with Crippen LogP contribution in [0.15, 0.2) is 54.1 Å². The number of nitrogens with zero attached hydrogens (tertiary/aromatic N) is 1. The number of carboxylic acid groups (broad SMARTS) is 1. The first-order valence-corrected chi connectivity index (χ1v) is 8.28. The van der Waals surface area contributed by atoms with Crippen LogP contribution in [0.3, 0.4) is 0 Å². The number of anilines is 1. The minimum absolute atomic E-state index is 0.193. The lowest BCUT2D eigenvalue weighted by atomic mass is 10.1. The monoisotopic (exact) mass is 380 g/mol. The van der Waals surface area contributed by atoms with Gasteiger partial charge in [-0.05, 0) is 42.3 Å². The predicted octanol–water partition coefficient (Wildman–Crippen LogP) is 2.12. The number of amides is 4. The topological polar surface area (TPSA) is 113 Å². The molecule has 3 rings (SSSR count). The molecule has 0 spiro atoms. The number of hydrogen-bond donors (Lipinski definition) is 2. The van der Waals surface area contributed by atoms with Gasteiger partial charge in [-0.25, -0.2) is 14.5 Å². The number of nitrogens with one attached hydrogen (secondary N) is 1. The number of carbonyl (C=O) groups excluding carboxylic acids is 3. The third-order valence-corrected chi connectivity index (χ3v) is 4.01. The van der Waals surface area contributed by atoms with Gasteiger partial charge in [0.2, 0.25) is 0 Å². The minimum atomic E-state index is -1.10. The lowest BCUT2D eigenvalue weighted by Gasteiger charge is -2.27. The fraction of sp³-hybridized carbons (Fsp3) is 0.100. The Kier molecular flexibility index (Phi) is 5.21. The zero-order valence-corrected chi connectivity index (χ0v) is 14.8. The summed E-state index contributed by atoms with van der Waals surface area (Å²) in [4.78, 5) is 48.7. The number of barbiturate groups is 1. The van der Waals surface area contributed by atoms with Crippen molar-refractivity contribution in [3.8, 4) is 5.75 Å². The van der Waals surface area contributed by atoms with Gasteiger partial charge in [0.25, 0.3) is 11.8 Å². The summed E-state index contributed by atoms with van der Waals surface area (Å²) in [6.07, 6.45) is 1.36. The number of aliphatic carboxylic acids is 1. The van der Waals surface area contributed by atoms with Crippen molar-refractivity contribution < 1.29 is 29.0 Å². The third kappa shape index (κ3) is 3.90. The average molecular weight is 380 g/mol. The fourth-order valence-electron chi connectivity index (χ4n) is 2.66. The van der Waals surface area contributed by atoms with Crippen LogP contribution >= 0.6 is 0 Å². The van der Waals surface area contributed by atoms with E-state index in [0.717, 1.165) is 4.90 Å². The van der Waals surface area contributed by atoms with E-state index in [-0.39, 0.29) is 5.57 Å². The maximum atomic E-state index is 12.8. The summed E-state index contributed by atoms with van der Waals surface area (Å²) in [5.74, 6) is -2.28. The standard InChI is InChI=1S/C20H16N2O6/c1-12-4-2-3-5-16(12)22-19(26)15(18(25)21-20(22)27)10-13-6-8-14(9-7-13)28-11-17(23)24/h2-10H,11H2,1H3,(H,23,24)(H,21,25,27)/b15-10+. The van der Waals surface area contributed by atoms with Gasteiger partial charge in [-0.2, -0.15) is 0 Å². The van der Waals surface area contributed by atoms with E-state index in [1.807, 2.05) is 0 Å². The number of rotatable bonds is 5. The molecule has 0 atom stereocenters. The molecule has 0 bridgehead atoms. The number of imide groups is 2. The van der Waals surface area contributed by atoms with E-state index < -0.39 is 30.4 Å². The molecular formula is C20H16N2O6. The van der Waals surface area contributed by atoms with Gasteiger partial charge < -0.3 is 9.84 Å². The van der Waals surface area contributed by atoms with Crippen molar-refractivity contribution in [2.45, 2.75) is 6.92 Å². The van der Waals surface area contributed by atoms with E-state index in [2.05, 4.69) is 5.32 Å². The highest BCUT2D eigenvalue weighted by Crippen LogP contribution is 2.25. The molecule has 1 saturated heterocycles. The second-order valence-electron chi connectivity index (χ2n) is 6.00. The summed E-state index contributed by atoms with van der Waals surface area (Å²) in [5.41, 5.74) is 1.42. The molecule has 2 aromatic carbocycles. The van der Waals surface area contributed by atoms with Gasteiger partial charge in [-0.15, -0.1) is 0 Å². The zero-order chi connectivity index (χ0) is 20.3. The van der Waals surface area contributed by atoms with Crippen LogP contribution in [-0.2, 0) is 14.4 Å². The van der Waals surface area contributed by atoms with Gasteiger partial charge in [-0.3, -0.25) is 14.9 Å². The molecule has 1 fully saturated rings. The molecule has 4 amide bonds. The normalized spacial score (nSPS) is 15.5. The molecule has 8 nitrogen and oxygen atoms in total. The maximum absolute atomic E-state index is 12.8. The van der Waals surface area contributed by atoms with Gasteiger partial charge in [0.15, 0.2) is 6.61 Å². The molecule has 2 aromatic rings. The number of benzene rings is 2. The Morgan fingerprint density at radius 1 is 1.11 bits per heavy atom. The molecule has 0 unspecified atom stereocenters. The first kappa shape index (κ1) is 18.8. The Morgan fingerprint density at radius 3 is 2.43 bits per heavy atom. The predicted molar refractivity (Wildman–Crippen MR) is 99.8 cm³/mol. The van der Waals surface area contributed by atoms with E-state index in [1.165, 1.54) is 18.2 Å². The summed E-state index contributed by atoms with van der Waals surface area (Å²) in [7, 11) is 0. The van der Waals surface area contributed by atoms with Crippen molar-refractivity contribution in [2.24, 2.45) is 0 Å². The third-order valence-electron chi connectivity index (χ3n) is 4.01. The van der Waals surface area contributed by atoms with Crippen molar-refractivity contribution >= 4 is 35.6 Å². The summed E-state index contributed by atoms with van der Waals surface area (Å²) in [5, 5.41) is 10.8. The number of carboxylic acids is 1. The summed E-state index contributed by atoms with van der Waals surface area (Å²) in [6, 6.07) is 12.2. The van der Waals surface area contributed by atoms with Gasteiger partial charge in [0.05, 0.1) is 5.69 Å². The van der Waals surface area contributed by atoms with Gasteiger partial charge >= 0.3 is 12.0 Å². The molecule has 28 heavy (non-hydrogen) atoms. The SMILES string of the molecule is Cc1ccccc1N1C(=O)NC(=O)/C(=C\c2ccc(OCC(=O)O)cc2)C1=O. The quantitative estimate of drug-likeness (QED) is 0.607. The van der Waals surface area contributed by atoms with Crippen LogP contribution < -0.4 is 15.0 Å². The van der Waals surface area contributed by atoms with Gasteiger partial charge in [0, 0.05) is 0 Å². The van der Waals surface area contributed by atoms with E-state index in [0.29, 0.717) is 22.6 Å². The highest BCUT2D eigenvalue weighted by molar-refractivity contribution is 6.39. The summed E-state index contributed by atoms with van der Waals surface area (Å²) in [6.45, 7) is 1.28. The fourth-order valence-corrected chi connectivity index (χ4v) is 2.66. The van der Waals surface area contributed by atoms with Crippen LogP contribution in [0, 0.1) is 6.92 Å². The molecule has 8 heteroatoms. The van der Waals surface area contributed by atoms with Gasteiger partial charge in [0.1, 0.15) is 11.3 Å². The van der Waals surface area contributed by atoms with E-state index >= 15 is 0 Å². The Bertz CT molecular complexity index is 994. The van der Waals surface area contributed by atoms with Crippen molar-refractivity contribution in [3.05, 3.63) is 65.2 Å².